The van der Waals surface area contributed by atoms with E-state index >= 15 is 0 Å². The SMILES string of the molecule is CC(C)OC(=O)N=NC(=O)OC(C)C.CC1Cc2cc(Br)cc(Cl)c2O1. The second kappa shape index (κ2) is 10.5. The number of ether oxygens (including phenoxy) is 3. The van der Waals surface area contributed by atoms with Crippen molar-refractivity contribution < 1.29 is 23.8 Å². The number of halogens is 2. The fraction of sp³-hybridized carbons (Fsp3) is 0.529. The molecule has 1 aromatic carbocycles. The van der Waals surface area contributed by atoms with Gasteiger partial charge in [-0.2, -0.15) is 0 Å². The molecule has 0 saturated heterocycles. The number of nitrogens with zero attached hydrogens (tertiary/aromatic N) is 2. The summed E-state index contributed by atoms with van der Waals surface area (Å²) in [4.78, 5) is 21.5. The molecule has 0 N–H and O–H groups in total. The van der Waals surface area contributed by atoms with Crippen LogP contribution < -0.4 is 4.74 Å². The maximum atomic E-state index is 10.8. The lowest BCUT2D eigenvalue weighted by atomic mass is 10.1. The second-order valence-corrected chi connectivity index (χ2v) is 7.40. The first-order chi connectivity index (χ1) is 12.1. The largest absolute Gasteiger partial charge is 0.489 e. The Hall–Kier alpha value is -1.67. The smallest absolute Gasteiger partial charge is 0.452 e. The molecule has 9 heteroatoms. The second-order valence-electron chi connectivity index (χ2n) is 6.07. The molecule has 26 heavy (non-hydrogen) atoms. The minimum absolute atomic E-state index is 0.256. The van der Waals surface area contributed by atoms with Gasteiger partial charge in [0.2, 0.25) is 0 Å². The third-order valence-corrected chi connectivity index (χ3v) is 3.54. The predicted octanol–water partition coefficient (Wildman–Crippen LogP) is 5.95. The molecule has 144 valence electrons. The van der Waals surface area contributed by atoms with E-state index in [1.54, 1.807) is 27.7 Å². The van der Waals surface area contributed by atoms with Crippen LogP contribution in [-0.2, 0) is 15.9 Å². The lowest BCUT2D eigenvalue weighted by Crippen LogP contribution is -2.09. The van der Waals surface area contributed by atoms with E-state index in [4.69, 9.17) is 16.3 Å². The lowest BCUT2D eigenvalue weighted by Gasteiger charge is -2.04. The molecule has 1 heterocycles. The molecular weight excluding hydrogens is 428 g/mol. The fourth-order valence-electron chi connectivity index (χ4n) is 1.98. The molecule has 0 saturated carbocycles. The lowest BCUT2D eigenvalue weighted by molar-refractivity contribution is 0.115. The van der Waals surface area contributed by atoms with E-state index in [2.05, 4.69) is 41.7 Å². The van der Waals surface area contributed by atoms with Gasteiger partial charge < -0.3 is 14.2 Å². The van der Waals surface area contributed by atoms with Crippen molar-refractivity contribution in [2.75, 3.05) is 0 Å². The first kappa shape index (κ1) is 22.4. The Balaban J connectivity index is 0.000000262. The maximum absolute atomic E-state index is 10.8. The summed E-state index contributed by atoms with van der Waals surface area (Å²) >= 11 is 9.38. The molecule has 0 aliphatic carbocycles. The molecule has 1 atom stereocenters. The summed E-state index contributed by atoms with van der Waals surface area (Å²) < 4.78 is 15.8. The van der Waals surface area contributed by atoms with Crippen LogP contribution in [0, 0.1) is 0 Å². The third kappa shape index (κ3) is 8.14. The van der Waals surface area contributed by atoms with Gasteiger partial charge in [0.1, 0.15) is 11.9 Å². The van der Waals surface area contributed by atoms with Crippen LogP contribution >= 0.6 is 27.5 Å². The zero-order valence-corrected chi connectivity index (χ0v) is 17.6. The van der Waals surface area contributed by atoms with Crippen molar-refractivity contribution in [3.8, 4) is 5.75 Å². The van der Waals surface area contributed by atoms with Crippen LogP contribution in [0.15, 0.2) is 26.8 Å². The highest BCUT2D eigenvalue weighted by molar-refractivity contribution is 9.10. The van der Waals surface area contributed by atoms with E-state index < -0.39 is 12.2 Å². The number of hydrogen-bond acceptors (Lipinski definition) is 5. The summed E-state index contributed by atoms with van der Waals surface area (Å²) in [6.45, 7) is 8.71. The fourth-order valence-corrected chi connectivity index (χ4v) is 2.90. The number of amides is 2. The number of hydrogen-bond donors (Lipinski definition) is 0. The molecule has 1 aliphatic heterocycles. The standard InChI is InChI=1S/C9H8BrClO.C8H14N2O4/c1-5-2-6-3-7(10)4-8(11)9(6)12-5;1-5(2)13-7(11)9-10-8(12)14-6(3)4/h3-5H,2H2,1H3;5-6H,1-4H3. The Morgan fingerprint density at radius 1 is 1.15 bits per heavy atom. The molecule has 2 amide bonds. The molecule has 1 aromatic rings. The highest BCUT2D eigenvalue weighted by Crippen LogP contribution is 2.38. The Labute approximate surface area is 166 Å². The van der Waals surface area contributed by atoms with E-state index in [0.29, 0.717) is 5.02 Å². The summed E-state index contributed by atoms with van der Waals surface area (Å²) in [5.41, 5.74) is 1.20. The van der Waals surface area contributed by atoms with Crippen LogP contribution in [0.2, 0.25) is 5.02 Å². The van der Waals surface area contributed by atoms with Crippen molar-refractivity contribution in [1.82, 2.24) is 0 Å². The molecule has 0 aromatic heterocycles. The molecule has 2 rings (SSSR count). The maximum Gasteiger partial charge on any atom is 0.452 e. The minimum Gasteiger partial charge on any atom is -0.489 e. The van der Waals surface area contributed by atoms with Gasteiger partial charge in [-0.05, 0) is 46.8 Å². The molecule has 0 spiro atoms. The molecule has 0 fully saturated rings. The minimum atomic E-state index is -0.902. The van der Waals surface area contributed by atoms with Gasteiger partial charge in [-0.3, -0.25) is 0 Å². The van der Waals surface area contributed by atoms with E-state index in [1.807, 2.05) is 13.0 Å². The average Bonchev–Trinajstić information content (AvgIpc) is 2.85. The van der Waals surface area contributed by atoms with E-state index in [9.17, 15) is 9.59 Å². The molecular formula is C17H22BrClN2O5. The molecule has 1 unspecified atom stereocenters. The monoisotopic (exact) mass is 448 g/mol. The molecule has 1 aliphatic rings. The first-order valence-electron chi connectivity index (χ1n) is 8.06. The summed E-state index contributed by atoms with van der Waals surface area (Å²) in [6, 6.07) is 3.92. The topological polar surface area (TPSA) is 86.6 Å². The van der Waals surface area contributed by atoms with Crippen molar-refractivity contribution in [2.24, 2.45) is 10.2 Å². The number of azo groups is 1. The zero-order valence-electron chi connectivity index (χ0n) is 15.3. The number of carbonyl (C=O) groups is 2. The van der Waals surface area contributed by atoms with Crippen LogP contribution in [0.3, 0.4) is 0 Å². The van der Waals surface area contributed by atoms with Crippen molar-refractivity contribution >= 4 is 39.7 Å². The normalized spacial score (nSPS) is 15.3. The summed E-state index contributed by atoms with van der Waals surface area (Å²) in [7, 11) is 0. The number of carbonyl (C=O) groups excluding carboxylic acids is 2. The quantitative estimate of drug-likeness (QED) is 0.520. The van der Waals surface area contributed by atoms with Gasteiger partial charge in [0, 0.05) is 16.5 Å². The Morgan fingerprint density at radius 3 is 2.12 bits per heavy atom. The highest BCUT2D eigenvalue weighted by Gasteiger charge is 2.21. The summed E-state index contributed by atoms with van der Waals surface area (Å²) in [5, 5.41) is 6.71. The van der Waals surface area contributed by atoms with Crippen LogP contribution in [0.5, 0.6) is 5.75 Å². The van der Waals surface area contributed by atoms with Crippen molar-refractivity contribution in [3.63, 3.8) is 0 Å². The summed E-state index contributed by atoms with van der Waals surface area (Å²) in [5.74, 6) is 0.854. The Kier molecular flexibility index (Phi) is 9.01. The van der Waals surface area contributed by atoms with Gasteiger partial charge in [-0.25, -0.2) is 9.59 Å². The van der Waals surface area contributed by atoms with Gasteiger partial charge in [0.15, 0.2) is 0 Å². The summed E-state index contributed by atoms with van der Waals surface area (Å²) in [6.07, 6.45) is -1.17. The van der Waals surface area contributed by atoms with Crippen LogP contribution in [-0.4, -0.2) is 30.5 Å². The van der Waals surface area contributed by atoms with E-state index in [1.165, 1.54) is 5.56 Å². The highest BCUT2D eigenvalue weighted by atomic mass is 79.9. The number of rotatable bonds is 2. The third-order valence-electron chi connectivity index (χ3n) is 2.80. The van der Waals surface area contributed by atoms with Gasteiger partial charge in [0.05, 0.1) is 17.2 Å². The predicted molar refractivity (Wildman–Crippen MR) is 101 cm³/mol. The molecule has 0 radical (unpaired) electrons. The van der Waals surface area contributed by atoms with Crippen molar-refractivity contribution in [2.45, 2.75) is 59.4 Å². The first-order valence-corrected chi connectivity index (χ1v) is 9.23. The number of benzene rings is 1. The van der Waals surface area contributed by atoms with Gasteiger partial charge in [0.25, 0.3) is 0 Å². The van der Waals surface area contributed by atoms with Gasteiger partial charge >= 0.3 is 12.2 Å². The van der Waals surface area contributed by atoms with Crippen molar-refractivity contribution in [1.29, 1.82) is 0 Å². The Bertz CT molecular complexity index is 655. The molecule has 7 nitrogen and oxygen atoms in total. The van der Waals surface area contributed by atoms with Gasteiger partial charge in [-0.1, -0.05) is 37.8 Å². The number of fused-ring (bicyclic) bond motifs is 1. The molecule has 0 bridgehead atoms. The van der Waals surface area contributed by atoms with Crippen molar-refractivity contribution in [3.05, 3.63) is 27.2 Å². The van der Waals surface area contributed by atoms with Gasteiger partial charge in [-0.15, -0.1) is 0 Å². The van der Waals surface area contributed by atoms with Crippen LogP contribution in [0.1, 0.15) is 40.2 Å². The Morgan fingerprint density at radius 2 is 1.65 bits per heavy atom. The average molecular weight is 450 g/mol. The van der Waals surface area contributed by atoms with Crippen LogP contribution in [0.25, 0.3) is 0 Å². The van der Waals surface area contributed by atoms with Crippen LogP contribution in [0.4, 0.5) is 9.59 Å². The van der Waals surface area contributed by atoms with E-state index in [-0.39, 0.29) is 18.3 Å². The van der Waals surface area contributed by atoms with E-state index in [0.717, 1.165) is 16.6 Å². The zero-order chi connectivity index (χ0) is 19.9.